The zero-order chi connectivity index (χ0) is 9.12. The van der Waals surface area contributed by atoms with Gasteiger partial charge in [0.2, 0.25) is 9.05 Å². The summed E-state index contributed by atoms with van der Waals surface area (Å²) in [6.07, 6.45) is 0. The van der Waals surface area contributed by atoms with Crippen molar-refractivity contribution >= 4 is 29.6 Å². The van der Waals surface area contributed by atoms with E-state index in [1.807, 2.05) is 0 Å². The maximum Gasteiger partial charge on any atom is 0.246 e. The summed E-state index contributed by atoms with van der Waals surface area (Å²) in [7, 11) is -3.35. The molecule has 4 nitrogen and oxygen atoms in total. The second-order valence-corrected chi connectivity index (χ2v) is 7.12. The molecule has 0 rings (SSSR count). The third-order valence-electron chi connectivity index (χ3n) is 0.708. The van der Waals surface area contributed by atoms with Crippen LogP contribution in [0.5, 0.6) is 0 Å². The smallest absolute Gasteiger partial charge is 0.246 e. The number of rotatable bonds is 4. The summed E-state index contributed by atoms with van der Waals surface area (Å²) in [4.78, 5) is 0. The molecule has 0 unspecified atom stereocenters. The summed E-state index contributed by atoms with van der Waals surface area (Å²) in [5.41, 5.74) is 0. The lowest BCUT2D eigenvalue weighted by atomic mass is 10.9. The van der Waals surface area contributed by atoms with Crippen molar-refractivity contribution in [2.45, 2.75) is 0 Å². The molecule has 0 heterocycles. The van der Waals surface area contributed by atoms with E-state index in [0.717, 1.165) is 0 Å². The fourth-order valence-electron chi connectivity index (χ4n) is 0.391. The van der Waals surface area contributed by atoms with Gasteiger partial charge in [-0.2, -0.15) is 0 Å². The summed E-state index contributed by atoms with van der Waals surface area (Å²) < 4.78 is 52.9. The number of alkyl halides is 1. The van der Waals surface area contributed by atoms with E-state index in [1.165, 1.54) is 0 Å². The van der Waals surface area contributed by atoms with E-state index in [2.05, 4.69) is 10.7 Å². The Hall–Kier alpha value is 0.120. The molecule has 0 fully saturated rings. The molecule has 0 aliphatic carbocycles. The number of hydrogen-bond donors (Lipinski definition) is 0. The van der Waals surface area contributed by atoms with Gasteiger partial charge >= 0.3 is 0 Å². The van der Waals surface area contributed by atoms with Crippen molar-refractivity contribution in [3.05, 3.63) is 0 Å². The van der Waals surface area contributed by atoms with Gasteiger partial charge in [-0.25, -0.2) is 21.2 Å². The van der Waals surface area contributed by atoms with Crippen molar-refractivity contribution in [1.82, 2.24) is 0 Å². The molecule has 0 aromatic heterocycles. The highest BCUT2D eigenvalue weighted by atomic mass is 35.7. The maximum absolute atomic E-state index is 11.4. The van der Waals surface area contributed by atoms with E-state index in [-0.39, 0.29) is 0 Å². The van der Waals surface area contributed by atoms with Crippen LogP contribution in [0.4, 0.5) is 4.39 Å². The third kappa shape index (κ3) is 6.52. The van der Waals surface area contributed by atoms with Crippen LogP contribution in [0.3, 0.4) is 0 Å². The monoisotopic (exact) mass is 224 g/mol. The van der Waals surface area contributed by atoms with Gasteiger partial charge in [-0.3, -0.25) is 0 Å². The van der Waals surface area contributed by atoms with Crippen LogP contribution in [-0.4, -0.2) is 34.3 Å². The summed E-state index contributed by atoms with van der Waals surface area (Å²) in [5.74, 6) is -0.807. The Labute approximate surface area is 68.7 Å². The van der Waals surface area contributed by atoms with Gasteiger partial charge in [0.1, 0.15) is 6.67 Å². The highest BCUT2D eigenvalue weighted by Crippen LogP contribution is 2.02. The number of sulfone groups is 1. The van der Waals surface area contributed by atoms with Crippen molar-refractivity contribution in [2.24, 2.45) is 0 Å². The predicted octanol–water partition coefficient (Wildman–Crippen LogP) is -0.103. The van der Waals surface area contributed by atoms with Crippen molar-refractivity contribution in [1.29, 1.82) is 0 Å². The lowest BCUT2D eigenvalue weighted by molar-refractivity contribution is 0.518. The Morgan fingerprint density at radius 3 is 1.91 bits per heavy atom. The van der Waals surface area contributed by atoms with Gasteiger partial charge in [-0.15, -0.1) is 0 Å². The molecule has 0 bridgehead atoms. The molecular formula is C3H6ClFO4S2. The minimum Gasteiger partial charge on any atom is -0.250 e. The van der Waals surface area contributed by atoms with Gasteiger partial charge in [0.15, 0.2) is 14.9 Å². The van der Waals surface area contributed by atoms with Gasteiger partial charge in [0.05, 0.1) is 5.75 Å². The van der Waals surface area contributed by atoms with Crippen molar-refractivity contribution in [3.63, 3.8) is 0 Å². The van der Waals surface area contributed by atoms with E-state index in [0.29, 0.717) is 0 Å². The number of halogens is 2. The summed E-state index contributed by atoms with van der Waals surface area (Å²) in [6.45, 7) is -1.10. The van der Waals surface area contributed by atoms with Crippen LogP contribution in [0.25, 0.3) is 0 Å². The first-order valence-electron chi connectivity index (χ1n) is 2.45. The standard InChI is InChI=1S/C3H6ClFO4S2/c4-11(8,9)3-10(6,7)2-1-5/h1-3H2. The molecule has 0 aromatic rings. The lowest BCUT2D eigenvalue weighted by Crippen LogP contribution is -2.16. The molecule has 0 spiro atoms. The third-order valence-corrected chi connectivity index (χ3v) is 4.85. The molecule has 0 N–H and O–H groups in total. The van der Waals surface area contributed by atoms with Crippen molar-refractivity contribution in [2.75, 3.05) is 17.5 Å². The van der Waals surface area contributed by atoms with E-state index in [1.54, 1.807) is 0 Å². The highest BCUT2D eigenvalue weighted by Gasteiger charge is 2.19. The van der Waals surface area contributed by atoms with Crippen LogP contribution >= 0.6 is 10.7 Å². The first-order valence-corrected chi connectivity index (χ1v) is 6.75. The highest BCUT2D eigenvalue weighted by molar-refractivity contribution is 8.21. The molecule has 8 heteroatoms. The first-order chi connectivity index (χ1) is 4.77. The van der Waals surface area contributed by atoms with Gasteiger partial charge < -0.3 is 0 Å². The Balaban J connectivity index is 4.40. The first kappa shape index (κ1) is 11.1. The predicted molar refractivity (Wildman–Crippen MR) is 39.4 cm³/mol. The molecule has 0 radical (unpaired) electrons. The van der Waals surface area contributed by atoms with Gasteiger partial charge in [0.25, 0.3) is 0 Å². The van der Waals surface area contributed by atoms with Crippen LogP contribution in [0.15, 0.2) is 0 Å². The fourth-order valence-corrected chi connectivity index (χ4v) is 4.03. The van der Waals surface area contributed by atoms with Crippen molar-refractivity contribution in [3.8, 4) is 0 Å². The molecular weight excluding hydrogens is 219 g/mol. The maximum atomic E-state index is 11.4. The molecule has 0 saturated heterocycles. The molecule has 11 heavy (non-hydrogen) atoms. The lowest BCUT2D eigenvalue weighted by Gasteiger charge is -1.96. The summed E-state index contributed by atoms with van der Waals surface area (Å²) in [5, 5.41) is -1.20. The molecule has 0 atom stereocenters. The summed E-state index contributed by atoms with van der Waals surface area (Å²) >= 11 is 0. The average Bonchev–Trinajstić information content (AvgIpc) is 1.55. The molecule has 0 amide bonds. The van der Waals surface area contributed by atoms with Crippen LogP contribution in [0, 0.1) is 0 Å². The zero-order valence-corrected chi connectivity index (χ0v) is 7.72. The van der Waals surface area contributed by atoms with E-state index < -0.39 is 36.4 Å². The van der Waals surface area contributed by atoms with Crippen molar-refractivity contribution < 1.29 is 21.2 Å². The van der Waals surface area contributed by atoms with E-state index >= 15 is 0 Å². The van der Waals surface area contributed by atoms with Crippen LogP contribution in [0.1, 0.15) is 0 Å². The number of hydrogen-bond acceptors (Lipinski definition) is 4. The Kier molecular flexibility index (Phi) is 3.72. The SMILES string of the molecule is O=S(=O)(Cl)CS(=O)(=O)CCF. The van der Waals surface area contributed by atoms with Gasteiger partial charge in [-0.05, 0) is 0 Å². The van der Waals surface area contributed by atoms with Crippen LogP contribution in [0.2, 0.25) is 0 Å². The minimum atomic E-state index is -4.09. The molecule has 0 aliphatic rings. The second-order valence-electron chi connectivity index (χ2n) is 1.79. The van der Waals surface area contributed by atoms with Gasteiger partial charge in [0, 0.05) is 10.7 Å². The van der Waals surface area contributed by atoms with E-state index in [9.17, 15) is 21.2 Å². The van der Waals surface area contributed by atoms with Crippen LogP contribution < -0.4 is 0 Å². The fraction of sp³-hybridized carbons (Fsp3) is 1.00. The molecule has 0 aliphatic heterocycles. The van der Waals surface area contributed by atoms with E-state index in [4.69, 9.17) is 0 Å². The topological polar surface area (TPSA) is 68.3 Å². The van der Waals surface area contributed by atoms with Gasteiger partial charge in [-0.1, -0.05) is 0 Å². The molecule has 0 aromatic carbocycles. The second kappa shape index (κ2) is 3.68. The largest absolute Gasteiger partial charge is 0.250 e. The normalized spacial score (nSPS) is 13.3. The summed E-state index contributed by atoms with van der Waals surface area (Å²) in [6, 6.07) is 0. The quantitative estimate of drug-likeness (QED) is 0.626. The zero-order valence-electron chi connectivity index (χ0n) is 5.33. The Bertz CT molecular complexity index is 304. The Morgan fingerprint density at radius 2 is 1.64 bits per heavy atom. The Morgan fingerprint density at radius 1 is 1.18 bits per heavy atom. The minimum absolute atomic E-state index is 0.807. The molecule has 0 saturated carbocycles. The average molecular weight is 225 g/mol. The van der Waals surface area contributed by atoms with Crippen LogP contribution in [-0.2, 0) is 18.9 Å². The molecule has 68 valence electrons.